The summed E-state index contributed by atoms with van der Waals surface area (Å²) in [6.45, 7) is 8.21. The molecule has 0 fully saturated rings. The first-order valence-corrected chi connectivity index (χ1v) is 8.51. The average molecular weight is 329 g/mol. The summed E-state index contributed by atoms with van der Waals surface area (Å²) in [6.07, 6.45) is 0.839. The van der Waals surface area contributed by atoms with Crippen molar-refractivity contribution in [3.8, 4) is 0 Å². The fraction of sp³-hybridized carbons (Fsp3) is 0.615. The second kappa shape index (κ2) is 7.29. The van der Waals surface area contributed by atoms with Crippen molar-refractivity contribution in [2.45, 2.75) is 57.7 Å². The quantitative estimate of drug-likeness (QED) is 0.790. The number of nitrogens with zero attached hydrogens (tertiary/aromatic N) is 5. The first-order chi connectivity index (χ1) is 10.2. The minimum Gasteiger partial charge on any atom is -0.324 e. The van der Waals surface area contributed by atoms with Crippen molar-refractivity contribution in [2.75, 3.05) is 0 Å². The van der Waals surface area contributed by atoms with Gasteiger partial charge >= 0.3 is 0 Å². The van der Waals surface area contributed by atoms with Gasteiger partial charge in [-0.05, 0) is 20.3 Å². The van der Waals surface area contributed by atoms with Crippen LogP contribution in [0.2, 0.25) is 5.02 Å². The number of aromatic nitrogens is 5. The van der Waals surface area contributed by atoms with E-state index in [-0.39, 0.29) is 0 Å². The molecule has 0 aliphatic heterocycles. The van der Waals surface area contributed by atoms with Gasteiger partial charge in [-0.1, -0.05) is 30.3 Å². The van der Waals surface area contributed by atoms with Gasteiger partial charge in [0, 0.05) is 18.8 Å². The van der Waals surface area contributed by atoms with Gasteiger partial charge in [-0.15, -0.1) is 10.2 Å². The van der Waals surface area contributed by atoms with E-state index < -0.39 is 0 Å². The van der Waals surface area contributed by atoms with Crippen molar-refractivity contribution in [1.29, 1.82) is 0 Å². The summed E-state index contributed by atoms with van der Waals surface area (Å²) in [7, 11) is 0. The van der Waals surface area contributed by atoms with Gasteiger partial charge in [0.2, 0.25) is 0 Å². The summed E-state index contributed by atoms with van der Waals surface area (Å²) in [5, 5.41) is 14.5. The minimum absolute atomic E-state index is 0.398. The van der Waals surface area contributed by atoms with E-state index in [9.17, 15) is 0 Å². The molecule has 0 aliphatic carbocycles. The van der Waals surface area contributed by atoms with E-state index in [2.05, 4.69) is 36.1 Å². The van der Waals surface area contributed by atoms with E-state index >= 15 is 0 Å². The van der Waals surface area contributed by atoms with Crippen LogP contribution in [0.25, 0.3) is 0 Å². The lowest BCUT2D eigenvalue weighted by atomic mass is 10.3. The molecule has 2 aromatic rings. The van der Waals surface area contributed by atoms with E-state index in [1.807, 2.05) is 9.25 Å². The zero-order chi connectivity index (χ0) is 15.4. The molecule has 0 spiro atoms. The van der Waals surface area contributed by atoms with Crippen molar-refractivity contribution in [2.24, 2.45) is 5.73 Å². The van der Waals surface area contributed by atoms with Gasteiger partial charge in [0.25, 0.3) is 0 Å². The van der Waals surface area contributed by atoms with E-state index in [4.69, 9.17) is 17.3 Å². The lowest BCUT2D eigenvalue weighted by Crippen LogP contribution is -2.08. The molecule has 2 N–H and O–H groups in total. The molecule has 0 saturated carbocycles. The Balaban J connectivity index is 2.20. The topological polar surface area (TPSA) is 74.6 Å². The molecule has 0 aliphatic rings. The molecule has 0 aromatic carbocycles. The number of nitrogens with two attached hydrogens (primary N) is 1. The zero-order valence-corrected chi connectivity index (χ0v) is 14.2. The monoisotopic (exact) mass is 328 g/mol. The highest BCUT2D eigenvalue weighted by Gasteiger charge is 2.16. The molecule has 0 bridgehead atoms. The van der Waals surface area contributed by atoms with E-state index in [0.29, 0.717) is 6.54 Å². The molecule has 0 amide bonds. The Bertz CT molecular complexity index is 606. The van der Waals surface area contributed by atoms with Gasteiger partial charge in [0.1, 0.15) is 5.82 Å². The third-order valence-corrected chi connectivity index (χ3v) is 4.74. The molecule has 2 aromatic heterocycles. The van der Waals surface area contributed by atoms with Crippen LogP contribution < -0.4 is 5.73 Å². The number of hydrogen-bond acceptors (Lipinski definition) is 5. The third kappa shape index (κ3) is 3.25. The van der Waals surface area contributed by atoms with Crippen LogP contribution in [0.15, 0.2) is 5.16 Å². The third-order valence-electron chi connectivity index (χ3n) is 3.32. The fourth-order valence-corrected chi connectivity index (χ4v) is 3.65. The standard InChI is InChI=1S/C13H21ClN6S/c1-4-9-12(14)10(20(6-3)18-9)8-21-13-17-16-11(7-15)19(13)5-2/h4-8,15H2,1-3H3. The lowest BCUT2D eigenvalue weighted by Gasteiger charge is -2.07. The molecule has 2 heterocycles. The SMILES string of the molecule is CCc1nn(CC)c(CSc2nnc(CN)n2CC)c1Cl. The molecule has 2 rings (SSSR count). The van der Waals surface area contributed by atoms with Gasteiger partial charge in [0.05, 0.1) is 23.0 Å². The van der Waals surface area contributed by atoms with Gasteiger partial charge in [0.15, 0.2) is 5.16 Å². The van der Waals surface area contributed by atoms with Gasteiger partial charge in [-0.2, -0.15) is 5.10 Å². The molecule has 116 valence electrons. The maximum atomic E-state index is 6.42. The highest BCUT2D eigenvalue weighted by Crippen LogP contribution is 2.28. The fourth-order valence-electron chi connectivity index (χ4n) is 2.18. The Kier molecular flexibility index (Phi) is 5.66. The van der Waals surface area contributed by atoms with Crippen LogP contribution in [-0.2, 0) is 31.8 Å². The Morgan fingerprint density at radius 2 is 1.95 bits per heavy atom. The smallest absolute Gasteiger partial charge is 0.191 e. The number of thioether (sulfide) groups is 1. The van der Waals surface area contributed by atoms with Crippen molar-refractivity contribution >= 4 is 23.4 Å². The van der Waals surface area contributed by atoms with Crippen LogP contribution in [0, 0.1) is 0 Å². The van der Waals surface area contributed by atoms with Crippen molar-refractivity contribution < 1.29 is 0 Å². The summed E-state index contributed by atoms with van der Waals surface area (Å²) < 4.78 is 4.00. The van der Waals surface area contributed by atoms with Crippen LogP contribution in [0.3, 0.4) is 0 Å². The van der Waals surface area contributed by atoms with Crippen LogP contribution in [0.4, 0.5) is 0 Å². The van der Waals surface area contributed by atoms with Crippen LogP contribution >= 0.6 is 23.4 Å². The molecule has 0 unspecified atom stereocenters. The molecular formula is C13H21ClN6S. The molecule has 0 atom stereocenters. The molecular weight excluding hydrogens is 308 g/mol. The number of aryl methyl sites for hydroxylation is 2. The Labute approximate surface area is 134 Å². The van der Waals surface area contributed by atoms with Gasteiger partial charge < -0.3 is 10.3 Å². The largest absolute Gasteiger partial charge is 0.324 e. The molecule has 0 radical (unpaired) electrons. The molecule has 6 nitrogen and oxygen atoms in total. The summed E-state index contributed by atoms with van der Waals surface area (Å²) in [5.41, 5.74) is 7.67. The predicted molar refractivity (Wildman–Crippen MR) is 85.4 cm³/mol. The Morgan fingerprint density at radius 3 is 2.52 bits per heavy atom. The van der Waals surface area contributed by atoms with Crippen molar-refractivity contribution in [1.82, 2.24) is 24.5 Å². The van der Waals surface area contributed by atoms with Crippen molar-refractivity contribution in [3.63, 3.8) is 0 Å². The Hall–Kier alpha value is -1.05. The zero-order valence-electron chi connectivity index (χ0n) is 12.6. The molecule has 21 heavy (non-hydrogen) atoms. The van der Waals surface area contributed by atoms with E-state index in [0.717, 1.165) is 52.7 Å². The summed E-state index contributed by atoms with van der Waals surface area (Å²) in [6, 6.07) is 0. The van der Waals surface area contributed by atoms with Gasteiger partial charge in [-0.25, -0.2) is 0 Å². The number of rotatable bonds is 7. The van der Waals surface area contributed by atoms with Crippen molar-refractivity contribution in [3.05, 3.63) is 22.2 Å². The van der Waals surface area contributed by atoms with Crippen LogP contribution in [0.5, 0.6) is 0 Å². The molecule has 8 heteroatoms. The summed E-state index contributed by atoms with van der Waals surface area (Å²) in [4.78, 5) is 0. The second-order valence-electron chi connectivity index (χ2n) is 4.51. The number of hydrogen-bond donors (Lipinski definition) is 1. The predicted octanol–water partition coefficient (Wildman–Crippen LogP) is 2.48. The summed E-state index contributed by atoms with van der Waals surface area (Å²) in [5.74, 6) is 1.53. The number of halogens is 1. The van der Waals surface area contributed by atoms with Crippen LogP contribution in [0.1, 0.15) is 38.0 Å². The van der Waals surface area contributed by atoms with Gasteiger partial charge in [-0.3, -0.25) is 4.68 Å². The maximum Gasteiger partial charge on any atom is 0.191 e. The average Bonchev–Trinajstić information content (AvgIpc) is 3.04. The highest BCUT2D eigenvalue weighted by atomic mass is 35.5. The first kappa shape index (κ1) is 16.3. The van der Waals surface area contributed by atoms with E-state index in [1.54, 1.807) is 11.8 Å². The minimum atomic E-state index is 0.398. The van der Waals surface area contributed by atoms with E-state index in [1.165, 1.54) is 0 Å². The lowest BCUT2D eigenvalue weighted by molar-refractivity contribution is 0.625. The normalized spacial score (nSPS) is 11.3. The van der Waals surface area contributed by atoms with Crippen LogP contribution in [-0.4, -0.2) is 24.5 Å². The molecule has 0 saturated heterocycles. The first-order valence-electron chi connectivity index (χ1n) is 7.15. The highest BCUT2D eigenvalue weighted by molar-refractivity contribution is 7.98. The Morgan fingerprint density at radius 1 is 1.19 bits per heavy atom. The maximum absolute atomic E-state index is 6.42. The second-order valence-corrected chi connectivity index (χ2v) is 5.83. The summed E-state index contributed by atoms with van der Waals surface area (Å²) >= 11 is 8.04.